The molecule has 0 amide bonds. The lowest BCUT2D eigenvalue weighted by molar-refractivity contribution is 0.171. The molecule has 0 atom stereocenters. The standard InChI is InChI=1S/C15H22ClFN2.ClH/c1-18-8-5-12-6-9-19(10-7-12)11-13-14(16)3-2-4-15(13)17;/h2-4,12,18H,5-11H2,1H3;1H. The summed E-state index contributed by atoms with van der Waals surface area (Å²) in [7, 11) is 2.00. The predicted octanol–water partition coefficient (Wildman–Crippen LogP) is 3.72. The number of likely N-dealkylation sites (tertiary alicyclic amines) is 1. The second-order valence-electron chi connectivity index (χ2n) is 5.31. The smallest absolute Gasteiger partial charge is 0.129 e. The second kappa shape index (κ2) is 8.83. The fourth-order valence-electron chi connectivity index (χ4n) is 2.69. The second-order valence-corrected chi connectivity index (χ2v) is 5.72. The molecule has 0 bridgehead atoms. The molecule has 1 aliphatic heterocycles. The first-order valence-electron chi connectivity index (χ1n) is 7.00. The van der Waals surface area contributed by atoms with Crippen LogP contribution in [0.25, 0.3) is 0 Å². The van der Waals surface area contributed by atoms with Crippen LogP contribution in [0.5, 0.6) is 0 Å². The Labute approximate surface area is 132 Å². The van der Waals surface area contributed by atoms with Gasteiger partial charge in [0.2, 0.25) is 0 Å². The summed E-state index contributed by atoms with van der Waals surface area (Å²) in [5.41, 5.74) is 0.637. The van der Waals surface area contributed by atoms with Gasteiger partial charge in [0.1, 0.15) is 5.82 Å². The zero-order valence-corrected chi connectivity index (χ0v) is 13.4. The average Bonchev–Trinajstić information content (AvgIpc) is 2.42. The number of nitrogens with zero attached hydrogens (tertiary/aromatic N) is 1. The molecule has 0 aromatic heterocycles. The van der Waals surface area contributed by atoms with Crippen LogP contribution >= 0.6 is 24.0 Å². The van der Waals surface area contributed by atoms with Crippen molar-refractivity contribution < 1.29 is 4.39 Å². The molecule has 1 heterocycles. The van der Waals surface area contributed by atoms with Crippen molar-refractivity contribution in [3.05, 3.63) is 34.6 Å². The van der Waals surface area contributed by atoms with Crippen molar-refractivity contribution in [2.45, 2.75) is 25.8 Å². The van der Waals surface area contributed by atoms with Crippen LogP contribution in [0.15, 0.2) is 18.2 Å². The fraction of sp³-hybridized carbons (Fsp3) is 0.600. The van der Waals surface area contributed by atoms with Crippen LogP contribution in [0, 0.1) is 11.7 Å². The third-order valence-corrected chi connectivity index (χ3v) is 4.31. The van der Waals surface area contributed by atoms with Gasteiger partial charge in [-0.3, -0.25) is 4.90 Å². The minimum absolute atomic E-state index is 0. The molecule has 114 valence electrons. The highest BCUT2D eigenvalue weighted by Crippen LogP contribution is 2.25. The van der Waals surface area contributed by atoms with Gasteiger partial charge >= 0.3 is 0 Å². The first kappa shape index (κ1) is 17.7. The van der Waals surface area contributed by atoms with Gasteiger partial charge in [-0.15, -0.1) is 12.4 Å². The molecule has 1 N–H and O–H groups in total. The van der Waals surface area contributed by atoms with Gasteiger partial charge in [-0.25, -0.2) is 4.39 Å². The lowest BCUT2D eigenvalue weighted by Gasteiger charge is -2.32. The van der Waals surface area contributed by atoms with Crippen LogP contribution in [0.1, 0.15) is 24.8 Å². The quantitative estimate of drug-likeness (QED) is 0.889. The Morgan fingerprint density at radius 1 is 1.35 bits per heavy atom. The lowest BCUT2D eigenvalue weighted by atomic mass is 9.93. The molecule has 0 aliphatic carbocycles. The Balaban J connectivity index is 0.00000200. The van der Waals surface area contributed by atoms with Gasteiger partial charge in [0.05, 0.1) is 0 Å². The van der Waals surface area contributed by atoms with Gasteiger partial charge < -0.3 is 5.32 Å². The SMILES string of the molecule is CNCCC1CCN(Cc2c(F)cccc2Cl)CC1.Cl. The van der Waals surface area contributed by atoms with Gasteiger partial charge in [-0.1, -0.05) is 17.7 Å². The first-order valence-corrected chi connectivity index (χ1v) is 7.38. The first-order chi connectivity index (χ1) is 9.20. The topological polar surface area (TPSA) is 15.3 Å². The Bertz CT molecular complexity index is 387. The summed E-state index contributed by atoms with van der Waals surface area (Å²) < 4.78 is 13.7. The van der Waals surface area contributed by atoms with Crippen LogP contribution in [-0.4, -0.2) is 31.6 Å². The van der Waals surface area contributed by atoms with Gasteiger partial charge in [0.25, 0.3) is 0 Å². The number of hydrogen-bond donors (Lipinski definition) is 1. The minimum Gasteiger partial charge on any atom is -0.320 e. The summed E-state index contributed by atoms with van der Waals surface area (Å²) in [4.78, 5) is 2.31. The van der Waals surface area contributed by atoms with Crippen molar-refractivity contribution in [3.63, 3.8) is 0 Å². The van der Waals surface area contributed by atoms with Crippen LogP contribution in [-0.2, 0) is 6.54 Å². The van der Waals surface area contributed by atoms with Crippen LogP contribution in [0.2, 0.25) is 5.02 Å². The molecule has 5 heteroatoms. The van der Waals surface area contributed by atoms with Crippen molar-refractivity contribution in [2.75, 3.05) is 26.7 Å². The average molecular weight is 321 g/mol. The van der Waals surface area contributed by atoms with Gasteiger partial charge in [-0.2, -0.15) is 0 Å². The van der Waals surface area contributed by atoms with E-state index in [2.05, 4.69) is 10.2 Å². The molecular weight excluding hydrogens is 298 g/mol. The molecule has 1 aromatic rings. The van der Waals surface area contributed by atoms with E-state index in [-0.39, 0.29) is 18.2 Å². The van der Waals surface area contributed by atoms with Crippen LogP contribution in [0.4, 0.5) is 4.39 Å². The van der Waals surface area contributed by atoms with E-state index in [0.29, 0.717) is 17.1 Å². The largest absolute Gasteiger partial charge is 0.320 e. The van der Waals surface area contributed by atoms with Crippen molar-refractivity contribution >= 4 is 24.0 Å². The van der Waals surface area contributed by atoms with E-state index in [1.807, 2.05) is 7.05 Å². The summed E-state index contributed by atoms with van der Waals surface area (Å²) in [6, 6.07) is 4.91. The molecule has 0 radical (unpaired) electrons. The highest BCUT2D eigenvalue weighted by molar-refractivity contribution is 6.31. The molecule has 1 fully saturated rings. The summed E-state index contributed by atoms with van der Waals surface area (Å²) in [6.45, 7) is 3.80. The maximum atomic E-state index is 13.7. The number of halogens is 3. The summed E-state index contributed by atoms with van der Waals surface area (Å²) in [6.07, 6.45) is 3.65. The molecule has 1 saturated heterocycles. The van der Waals surface area contributed by atoms with Crippen molar-refractivity contribution in [2.24, 2.45) is 5.92 Å². The van der Waals surface area contributed by atoms with E-state index in [1.54, 1.807) is 12.1 Å². The van der Waals surface area contributed by atoms with E-state index in [0.717, 1.165) is 25.6 Å². The van der Waals surface area contributed by atoms with E-state index < -0.39 is 0 Å². The maximum absolute atomic E-state index is 13.7. The van der Waals surface area contributed by atoms with Crippen molar-refractivity contribution in [3.8, 4) is 0 Å². The molecule has 20 heavy (non-hydrogen) atoms. The Hall–Kier alpha value is -0.350. The van der Waals surface area contributed by atoms with Crippen LogP contribution < -0.4 is 5.32 Å². The zero-order valence-electron chi connectivity index (χ0n) is 11.9. The number of piperidine rings is 1. The molecule has 1 aliphatic rings. The van der Waals surface area contributed by atoms with Gasteiger partial charge in [0, 0.05) is 17.1 Å². The van der Waals surface area contributed by atoms with Gasteiger partial charge in [-0.05, 0) is 64.0 Å². The summed E-state index contributed by atoms with van der Waals surface area (Å²) >= 11 is 6.07. The van der Waals surface area contributed by atoms with Gasteiger partial charge in [0.15, 0.2) is 0 Å². The third kappa shape index (κ3) is 4.88. The van der Waals surface area contributed by atoms with Crippen molar-refractivity contribution in [1.29, 1.82) is 0 Å². The third-order valence-electron chi connectivity index (χ3n) is 3.95. The highest BCUT2D eigenvalue weighted by atomic mass is 35.5. The normalized spacial score (nSPS) is 16.9. The van der Waals surface area contributed by atoms with E-state index in [4.69, 9.17) is 11.6 Å². The molecule has 0 unspecified atom stereocenters. The molecule has 2 rings (SSSR count). The molecule has 0 spiro atoms. The molecule has 1 aromatic carbocycles. The summed E-state index contributed by atoms with van der Waals surface area (Å²) in [5, 5.41) is 3.74. The Kier molecular flexibility index (Phi) is 7.82. The number of benzene rings is 1. The number of rotatable bonds is 5. The van der Waals surface area contributed by atoms with Crippen molar-refractivity contribution in [1.82, 2.24) is 10.2 Å². The van der Waals surface area contributed by atoms with Crippen LogP contribution in [0.3, 0.4) is 0 Å². The maximum Gasteiger partial charge on any atom is 0.129 e. The number of hydrogen-bond acceptors (Lipinski definition) is 2. The minimum atomic E-state index is -0.190. The monoisotopic (exact) mass is 320 g/mol. The summed E-state index contributed by atoms with van der Waals surface area (Å²) in [5.74, 6) is 0.615. The number of nitrogens with one attached hydrogen (secondary N) is 1. The molecular formula is C15H23Cl2FN2. The highest BCUT2D eigenvalue weighted by Gasteiger charge is 2.20. The predicted molar refractivity (Wildman–Crippen MR) is 85.2 cm³/mol. The lowest BCUT2D eigenvalue weighted by Crippen LogP contribution is -2.34. The zero-order chi connectivity index (χ0) is 13.7. The van der Waals surface area contributed by atoms with E-state index in [1.165, 1.54) is 25.3 Å². The fourth-order valence-corrected chi connectivity index (χ4v) is 2.91. The Morgan fingerprint density at radius 3 is 2.65 bits per heavy atom. The Morgan fingerprint density at radius 2 is 2.05 bits per heavy atom. The van der Waals surface area contributed by atoms with E-state index in [9.17, 15) is 4.39 Å². The molecule has 0 saturated carbocycles. The van der Waals surface area contributed by atoms with E-state index >= 15 is 0 Å². The molecule has 2 nitrogen and oxygen atoms in total.